The minimum absolute atomic E-state index is 0.617. The molecule has 0 aliphatic carbocycles. The van der Waals surface area contributed by atoms with Gasteiger partial charge in [-0.2, -0.15) is 5.26 Å². The van der Waals surface area contributed by atoms with Crippen LogP contribution in [0.3, 0.4) is 0 Å². The van der Waals surface area contributed by atoms with Crippen molar-refractivity contribution in [3.8, 4) is 68.2 Å². The minimum Gasteiger partial charge on any atom is -0.308 e. The number of nitriles is 1. The third-order valence-corrected chi connectivity index (χ3v) is 8.62. The summed E-state index contributed by atoms with van der Waals surface area (Å²) < 4.78 is 2.35. The summed E-state index contributed by atoms with van der Waals surface area (Å²) in [6.45, 7) is 0. The van der Waals surface area contributed by atoms with E-state index in [0.29, 0.717) is 23.0 Å². The number of nitrogens with zero attached hydrogens (tertiary/aromatic N) is 5. The molecule has 0 saturated carbocycles. The highest BCUT2D eigenvalue weighted by Crippen LogP contribution is 2.47. The van der Waals surface area contributed by atoms with Crippen LogP contribution in [0.25, 0.3) is 83.9 Å². The van der Waals surface area contributed by atoms with Crippen molar-refractivity contribution in [1.82, 2.24) is 19.5 Å². The van der Waals surface area contributed by atoms with E-state index in [4.69, 9.17) is 15.0 Å². The topological polar surface area (TPSA) is 67.4 Å². The van der Waals surface area contributed by atoms with Crippen molar-refractivity contribution < 1.29 is 0 Å². The van der Waals surface area contributed by atoms with Crippen LogP contribution in [0.15, 0.2) is 140 Å². The first-order valence-corrected chi connectivity index (χ1v) is 14.9. The van der Waals surface area contributed by atoms with Gasteiger partial charge in [0, 0.05) is 38.6 Å². The predicted octanol–water partition coefficient (Wildman–Crippen LogP) is 9.49. The van der Waals surface area contributed by atoms with E-state index in [9.17, 15) is 5.26 Å². The molecule has 6 aromatic carbocycles. The van der Waals surface area contributed by atoms with Gasteiger partial charge in [0.25, 0.3) is 0 Å². The molecule has 0 spiro atoms. The highest BCUT2D eigenvalue weighted by molar-refractivity contribution is 6.16. The number of fused-ring (bicyclic) bond motifs is 8. The molecule has 0 atom stereocenters. The lowest BCUT2D eigenvalue weighted by Gasteiger charge is -2.15. The summed E-state index contributed by atoms with van der Waals surface area (Å²) in [4.78, 5) is 14.9. The fourth-order valence-electron chi connectivity index (χ4n) is 6.58. The molecular formula is C40H23N5. The zero-order valence-corrected chi connectivity index (χ0v) is 24.0. The molecule has 0 unspecified atom stereocenters. The first kappa shape index (κ1) is 25.1. The second-order valence-electron chi connectivity index (χ2n) is 11.2. The van der Waals surface area contributed by atoms with Crippen LogP contribution >= 0.6 is 0 Å². The zero-order valence-electron chi connectivity index (χ0n) is 24.0. The fourth-order valence-corrected chi connectivity index (χ4v) is 6.58. The van der Waals surface area contributed by atoms with Crippen molar-refractivity contribution >= 4 is 21.8 Å². The number of hydrogen-bond acceptors (Lipinski definition) is 4. The molecule has 5 nitrogen and oxygen atoms in total. The molecule has 1 aliphatic heterocycles. The van der Waals surface area contributed by atoms with E-state index in [-0.39, 0.29) is 0 Å². The number of para-hydroxylation sites is 1. The van der Waals surface area contributed by atoms with Gasteiger partial charge in [-0.05, 0) is 47.5 Å². The van der Waals surface area contributed by atoms with Crippen molar-refractivity contribution in [3.05, 3.63) is 145 Å². The molecule has 208 valence electrons. The summed E-state index contributed by atoms with van der Waals surface area (Å²) >= 11 is 0. The first-order chi connectivity index (χ1) is 22.3. The van der Waals surface area contributed by atoms with Gasteiger partial charge in [-0.3, -0.25) is 0 Å². The Kier molecular flexibility index (Phi) is 5.50. The molecule has 0 N–H and O–H groups in total. The first-order valence-electron chi connectivity index (χ1n) is 14.9. The van der Waals surface area contributed by atoms with Gasteiger partial charge in [0.1, 0.15) is 0 Å². The van der Waals surface area contributed by atoms with E-state index in [1.54, 1.807) is 0 Å². The van der Waals surface area contributed by atoms with Gasteiger partial charge in [0.2, 0.25) is 0 Å². The summed E-state index contributed by atoms with van der Waals surface area (Å²) in [7, 11) is 0. The molecule has 0 amide bonds. The lowest BCUT2D eigenvalue weighted by molar-refractivity contribution is 1.07. The van der Waals surface area contributed by atoms with Crippen LogP contribution in [0.5, 0.6) is 0 Å². The van der Waals surface area contributed by atoms with E-state index < -0.39 is 0 Å². The quantitative estimate of drug-likeness (QED) is 0.211. The van der Waals surface area contributed by atoms with Gasteiger partial charge in [-0.25, -0.2) is 15.0 Å². The van der Waals surface area contributed by atoms with Gasteiger partial charge >= 0.3 is 0 Å². The monoisotopic (exact) mass is 573 g/mol. The molecule has 0 radical (unpaired) electrons. The Labute approximate surface area is 259 Å². The van der Waals surface area contributed by atoms with Crippen molar-refractivity contribution in [3.63, 3.8) is 0 Å². The molecule has 0 bridgehead atoms. The number of rotatable bonds is 3. The van der Waals surface area contributed by atoms with Crippen molar-refractivity contribution in [1.29, 1.82) is 5.26 Å². The van der Waals surface area contributed by atoms with E-state index in [2.05, 4.69) is 77.4 Å². The minimum atomic E-state index is 0.617. The van der Waals surface area contributed by atoms with Crippen LogP contribution in [0.1, 0.15) is 5.56 Å². The Hall–Kier alpha value is -6.38. The normalized spacial score (nSPS) is 11.5. The standard InChI is InChI=1S/C40H23N5/c41-24-25-18-20-35-33(22-25)32-17-9-16-31-29-14-7-8-15-30(29)34-23-28(19-21-36(34)45(35)37(31)32)40-43-38(26-10-3-1-4-11-26)42-39(44-40)27-12-5-2-6-13-27/h1-23H. The molecule has 8 aromatic rings. The van der Waals surface area contributed by atoms with Gasteiger partial charge < -0.3 is 4.57 Å². The molecule has 0 saturated heterocycles. The van der Waals surface area contributed by atoms with Gasteiger partial charge in [-0.1, -0.05) is 103 Å². The number of benzene rings is 6. The van der Waals surface area contributed by atoms with Crippen molar-refractivity contribution in [2.45, 2.75) is 0 Å². The van der Waals surface area contributed by atoms with Crippen LogP contribution in [-0.2, 0) is 0 Å². The molecule has 2 aromatic heterocycles. The Bertz CT molecular complexity index is 2430. The highest BCUT2D eigenvalue weighted by atomic mass is 15.0. The van der Waals surface area contributed by atoms with Crippen LogP contribution in [0.4, 0.5) is 0 Å². The summed E-state index contributed by atoms with van der Waals surface area (Å²) in [6.07, 6.45) is 0. The Morgan fingerprint density at radius 2 is 1.07 bits per heavy atom. The molecule has 45 heavy (non-hydrogen) atoms. The average Bonchev–Trinajstić information content (AvgIpc) is 3.39. The Balaban J connectivity index is 1.33. The molecule has 1 aliphatic rings. The maximum absolute atomic E-state index is 9.68. The third-order valence-electron chi connectivity index (χ3n) is 8.62. The van der Waals surface area contributed by atoms with Gasteiger partial charge in [0.05, 0.1) is 28.4 Å². The smallest absolute Gasteiger partial charge is 0.164 e. The summed E-state index contributed by atoms with van der Waals surface area (Å²) in [5.74, 6) is 1.88. The van der Waals surface area contributed by atoms with E-state index in [1.807, 2.05) is 72.8 Å². The van der Waals surface area contributed by atoms with Gasteiger partial charge in [0.15, 0.2) is 17.5 Å². The Morgan fingerprint density at radius 1 is 0.467 bits per heavy atom. The second kappa shape index (κ2) is 9.84. The zero-order chi connectivity index (χ0) is 29.9. The fraction of sp³-hybridized carbons (Fsp3) is 0. The second-order valence-corrected chi connectivity index (χ2v) is 11.2. The predicted molar refractivity (Wildman–Crippen MR) is 180 cm³/mol. The van der Waals surface area contributed by atoms with E-state index in [1.165, 1.54) is 0 Å². The van der Waals surface area contributed by atoms with E-state index in [0.717, 1.165) is 66.4 Å². The molecule has 5 heteroatoms. The van der Waals surface area contributed by atoms with Gasteiger partial charge in [-0.15, -0.1) is 0 Å². The maximum Gasteiger partial charge on any atom is 0.164 e. The Morgan fingerprint density at radius 3 is 1.73 bits per heavy atom. The van der Waals surface area contributed by atoms with Crippen LogP contribution < -0.4 is 0 Å². The lowest BCUT2D eigenvalue weighted by Crippen LogP contribution is -2.01. The number of aromatic nitrogens is 4. The SMILES string of the molecule is N#Cc1ccc2c(c1)c1cccc3c1n2-c1ccc(-c2nc(-c4ccccc4)nc(-c4ccccc4)n2)cc1-c1ccccc1-3. The van der Waals surface area contributed by atoms with Crippen LogP contribution in [0, 0.1) is 11.3 Å². The average molecular weight is 574 g/mol. The molecule has 9 rings (SSSR count). The van der Waals surface area contributed by atoms with E-state index >= 15 is 0 Å². The molecule has 3 heterocycles. The highest BCUT2D eigenvalue weighted by Gasteiger charge is 2.25. The molecular weight excluding hydrogens is 550 g/mol. The van der Waals surface area contributed by atoms with Crippen molar-refractivity contribution in [2.24, 2.45) is 0 Å². The third kappa shape index (κ3) is 3.90. The van der Waals surface area contributed by atoms with Crippen LogP contribution in [-0.4, -0.2) is 19.5 Å². The van der Waals surface area contributed by atoms with Crippen molar-refractivity contribution in [2.75, 3.05) is 0 Å². The summed E-state index contributed by atoms with van der Waals surface area (Å²) in [5, 5.41) is 11.9. The summed E-state index contributed by atoms with van der Waals surface area (Å²) in [5.41, 5.74) is 11.3. The maximum atomic E-state index is 9.68. The largest absolute Gasteiger partial charge is 0.308 e. The lowest BCUT2D eigenvalue weighted by atomic mass is 9.92. The number of hydrogen-bond donors (Lipinski definition) is 0. The van der Waals surface area contributed by atoms with Crippen LogP contribution in [0.2, 0.25) is 0 Å². The molecule has 0 fully saturated rings. The summed E-state index contributed by atoms with van der Waals surface area (Å²) in [6, 6.07) is 49.9.